The normalized spacial score (nSPS) is 23.5. The smallest absolute Gasteiger partial charge is 0.157 e. The zero-order chi connectivity index (χ0) is 18.0. The molecule has 1 aliphatic rings. The zero-order valence-electron chi connectivity index (χ0n) is 14.0. The van der Waals surface area contributed by atoms with E-state index < -0.39 is 6.10 Å². The fourth-order valence-electron chi connectivity index (χ4n) is 3.81. The van der Waals surface area contributed by atoms with Gasteiger partial charge in [0.15, 0.2) is 23.0 Å². The summed E-state index contributed by atoms with van der Waals surface area (Å²) in [5.41, 5.74) is 1.78. The molecule has 2 aromatic rings. The summed E-state index contributed by atoms with van der Waals surface area (Å²) in [5, 5.41) is 48.9. The van der Waals surface area contributed by atoms with Crippen molar-refractivity contribution in [3.05, 3.63) is 47.5 Å². The number of benzene rings is 2. The second-order valence-corrected chi connectivity index (χ2v) is 7.00. The van der Waals surface area contributed by atoms with Gasteiger partial charge in [-0.2, -0.15) is 0 Å². The third-order valence-electron chi connectivity index (χ3n) is 5.19. The highest BCUT2D eigenvalue weighted by atomic mass is 16.3. The first-order valence-electron chi connectivity index (χ1n) is 8.64. The molecule has 25 heavy (non-hydrogen) atoms. The molecule has 0 amide bonds. The highest BCUT2D eigenvalue weighted by Gasteiger charge is 2.32. The minimum atomic E-state index is -0.472. The molecule has 0 bridgehead atoms. The Morgan fingerprint density at radius 2 is 1.12 bits per heavy atom. The Bertz CT molecular complexity index is 681. The van der Waals surface area contributed by atoms with Gasteiger partial charge in [-0.25, -0.2) is 0 Å². The van der Waals surface area contributed by atoms with Crippen LogP contribution in [0.15, 0.2) is 36.4 Å². The number of aliphatic hydroxyl groups is 1. The molecule has 0 radical (unpaired) electrons. The van der Waals surface area contributed by atoms with Gasteiger partial charge in [0.25, 0.3) is 0 Å². The van der Waals surface area contributed by atoms with E-state index in [9.17, 15) is 25.5 Å². The van der Waals surface area contributed by atoms with Crippen molar-refractivity contribution in [2.45, 2.75) is 38.2 Å². The highest BCUT2D eigenvalue weighted by molar-refractivity contribution is 5.41. The van der Waals surface area contributed by atoms with E-state index in [1.54, 1.807) is 24.3 Å². The zero-order valence-corrected chi connectivity index (χ0v) is 14.0. The summed E-state index contributed by atoms with van der Waals surface area (Å²) in [5.74, 6) is -0.379. The summed E-state index contributed by atoms with van der Waals surface area (Å²) < 4.78 is 0. The second kappa shape index (κ2) is 7.23. The van der Waals surface area contributed by atoms with Crippen molar-refractivity contribution < 1.29 is 25.5 Å². The first-order chi connectivity index (χ1) is 11.9. The lowest BCUT2D eigenvalue weighted by molar-refractivity contribution is 0.0176. The maximum atomic E-state index is 10.8. The Kier molecular flexibility index (Phi) is 5.04. The lowest BCUT2D eigenvalue weighted by Gasteiger charge is -2.35. The van der Waals surface area contributed by atoms with Crippen molar-refractivity contribution in [2.75, 3.05) is 0 Å². The molecule has 5 heteroatoms. The van der Waals surface area contributed by atoms with Gasteiger partial charge >= 0.3 is 0 Å². The van der Waals surface area contributed by atoms with Crippen LogP contribution in [0.3, 0.4) is 0 Å². The van der Waals surface area contributed by atoms with Gasteiger partial charge in [-0.05, 0) is 72.9 Å². The number of phenols is 4. The Morgan fingerprint density at radius 3 is 1.52 bits per heavy atom. The first-order valence-corrected chi connectivity index (χ1v) is 8.64. The summed E-state index contributed by atoms with van der Waals surface area (Å²) in [6, 6.07) is 9.56. The standard InChI is InChI=1S/C20H24O5/c21-16-6-4-12(10-18(16)23)8-14-2-1-3-15(20(14)25)9-13-5-7-17(22)19(24)11-13/h4-7,10-11,14-15,20-25H,1-3,8-9H2. The Labute approximate surface area is 146 Å². The Balaban J connectivity index is 1.68. The molecule has 0 aliphatic heterocycles. The van der Waals surface area contributed by atoms with Gasteiger partial charge in [-0.3, -0.25) is 0 Å². The fourth-order valence-corrected chi connectivity index (χ4v) is 3.81. The molecule has 2 aromatic carbocycles. The van der Waals surface area contributed by atoms with Gasteiger partial charge in [0.1, 0.15) is 0 Å². The van der Waals surface area contributed by atoms with Crippen molar-refractivity contribution in [1.29, 1.82) is 0 Å². The minimum Gasteiger partial charge on any atom is -0.504 e. The largest absolute Gasteiger partial charge is 0.504 e. The van der Waals surface area contributed by atoms with E-state index in [2.05, 4.69) is 0 Å². The molecule has 3 rings (SSSR count). The van der Waals surface area contributed by atoms with Gasteiger partial charge in [0, 0.05) is 0 Å². The topological polar surface area (TPSA) is 101 Å². The third-order valence-corrected chi connectivity index (χ3v) is 5.19. The van der Waals surface area contributed by atoms with Gasteiger partial charge in [-0.1, -0.05) is 18.6 Å². The highest BCUT2D eigenvalue weighted by Crippen LogP contribution is 2.36. The average Bonchev–Trinajstić information content (AvgIpc) is 2.58. The number of aromatic hydroxyl groups is 4. The predicted molar refractivity (Wildman–Crippen MR) is 93.8 cm³/mol. The maximum absolute atomic E-state index is 10.8. The first kappa shape index (κ1) is 17.4. The molecule has 1 fully saturated rings. The molecule has 0 heterocycles. The third kappa shape index (κ3) is 3.99. The van der Waals surface area contributed by atoms with Gasteiger partial charge in [-0.15, -0.1) is 0 Å². The van der Waals surface area contributed by atoms with Crippen LogP contribution in [0.2, 0.25) is 0 Å². The summed E-state index contributed by atoms with van der Waals surface area (Å²) in [7, 11) is 0. The number of aliphatic hydroxyl groups excluding tert-OH is 1. The molecule has 5 N–H and O–H groups in total. The molecule has 134 valence electrons. The van der Waals surface area contributed by atoms with Crippen molar-refractivity contribution >= 4 is 0 Å². The number of hydrogen-bond donors (Lipinski definition) is 5. The molecular formula is C20H24O5. The van der Waals surface area contributed by atoms with Crippen molar-refractivity contribution in [2.24, 2.45) is 11.8 Å². The lowest BCUT2D eigenvalue weighted by Crippen LogP contribution is -2.35. The van der Waals surface area contributed by atoms with E-state index in [1.807, 2.05) is 0 Å². The van der Waals surface area contributed by atoms with Crippen LogP contribution >= 0.6 is 0 Å². The molecule has 1 aliphatic carbocycles. The van der Waals surface area contributed by atoms with Crippen molar-refractivity contribution in [3.8, 4) is 23.0 Å². The average molecular weight is 344 g/mol. The minimum absolute atomic E-state index is 0.0911. The van der Waals surface area contributed by atoms with E-state index >= 15 is 0 Å². The van der Waals surface area contributed by atoms with Crippen LogP contribution in [-0.2, 0) is 12.8 Å². The molecule has 0 spiro atoms. The quantitative estimate of drug-likeness (QED) is 0.549. The lowest BCUT2D eigenvalue weighted by atomic mass is 9.74. The summed E-state index contributed by atoms with van der Waals surface area (Å²) in [6.45, 7) is 0. The Morgan fingerprint density at radius 1 is 0.680 bits per heavy atom. The number of rotatable bonds is 4. The molecule has 0 aromatic heterocycles. The van der Waals surface area contributed by atoms with Crippen LogP contribution in [0.5, 0.6) is 23.0 Å². The molecule has 0 saturated heterocycles. The monoisotopic (exact) mass is 344 g/mol. The van der Waals surface area contributed by atoms with Crippen LogP contribution in [0, 0.1) is 11.8 Å². The van der Waals surface area contributed by atoms with Gasteiger partial charge < -0.3 is 25.5 Å². The van der Waals surface area contributed by atoms with Gasteiger partial charge in [0.05, 0.1) is 6.10 Å². The molecule has 2 atom stereocenters. The van der Waals surface area contributed by atoms with Crippen LogP contribution in [0.4, 0.5) is 0 Å². The van der Waals surface area contributed by atoms with E-state index in [0.717, 1.165) is 30.4 Å². The van der Waals surface area contributed by atoms with Crippen LogP contribution in [-0.4, -0.2) is 31.6 Å². The van der Waals surface area contributed by atoms with E-state index in [0.29, 0.717) is 12.8 Å². The van der Waals surface area contributed by atoms with Crippen LogP contribution in [0.1, 0.15) is 30.4 Å². The predicted octanol–water partition coefficient (Wildman–Crippen LogP) is 3.07. The van der Waals surface area contributed by atoms with Crippen LogP contribution in [0.25, 0.3) is 0 Å². The second-order valence-electron chi connectivity index (χ2n) is 7.00. The maximum Gasteiger partial charge on any atom is 0.157 e. The number of hydrogen-bond acceptors (Lipinski definition) is 5. The van der Waals surface area contributed by atoms with E-state index in [4.69, 9.17) is 0 Å². The number of phenolic OH excluding ortho intramolecular Hbond substituents is 4. The van der Waals surface area contributed by atoms with E-state index in [-0.39, 0.29) is 34.8 Å². The summed E-state index contributed by atoms with van der Waals surface area (Å²) in [6.07, 6.45) is 3.67. The molecule has 5 nitrogen and oxygen atoms in total. The molecule has 1 saturated carbocycles. The SMILES string of the molecule is Oc1ccc(CC2CCCC(Cc3ccc(O)c(O)c3)C2O)cc1O. The fraction of sp³-hybridized carbons (Fsp3) is 0.400. The van der Waals surface area contributed by atoms with Crippen molar-refractivity contribution in [1.82, 2.24) is 0 Å². The van der Waals surface area contributed by atoms with Gasteiger partial charge in [0.2, 0.25) is 0 Å². The van der Waals surface area contributed by atoms with Crippen LogP contribution < -0.4 is 0 Å². The summed E-state index contributed by atoms with van der Waals surface area (Å²) >= 11 is 0. The Hall–Kier alpha value is -2.40. The summed E-state index contributed by atoms with van der Waals surface area (Å²) in [4.78, 5) is 0. The van der Waals surface area contributed by atoms with E-state index in [1.165, 1.54) is 12.1 Å². The van der Waals surface area contributed by atoms with Crippen molar-refractivity contribution in [3.63, 3.8) is 0 Å². The molecular weight excluding hydrogens is 320 g/mol. The molecule has 2 unspecified atom stereocenters.